The van der Waals surface area contributed by atoms with Gasteiger partial charge in [0.25, 0.3) is 5.91 Å². The van der Waals surface area contributed by atoms with E-state index in [-0.39, 0.29) is 12.0 Å². The van der Waals surface area contributed by atoms with Gasteiger partial charge in [-0.05, 0) is 37.0 Å². The van der Waals surface area contributed by atoms with Crippen molar-refractivity contribution in [2.24, 2.45) is 0 Å². The summed E-state index contributed by atoms with van der Waals surface area (Å²) in [6.45, 7) is 4.18. The Morgan fingerprint density at radius 2 is 1.83 bits per heavy atom. The molecule has 2 aliphatic rings. The van der Waals surface area contributed by atoms with Gasteiger partial charge in [0.05, 0.1) is 4.90 Å². The first kappa shape index (κ1) is 17.4. The number of aryl methyl sites for hydroxylation is 1. The average molecular weight is 352 g/mol. The van der Waals surface area contributed by atoms with Gasteiger partial charge in [-0.2, -0.15) is 4.31 Å². The molecule has 0 radical (unpaired) electrons. The minimum atomic E-state index is -3.49. The molecule has 1 atom stereocenters. The highest BCUT2D eigenvalue weighted by Gasteiger charge is 2.33. The van der Waals surface area contributed by atoms with Gasteiger partial charge in [0.2, 0.25) is 10.0 Å². The molecule has 1 unspecified atom stereocenters. The Morgan fingerprint density at radius 3 is 2.38 bits per heavy atom. The molecule has 0 bridgehead atoms. The molecule has 0 aliphatic carbocycles. The lowest BCUT2D eigenvalue weighted by Gasteiger charge is -2.35. The fourth-order valence-corrected chi connectivity index (χ4v) is 4.59. The second kappa shape index (κ2) is 7.21. The number of piperazine rings is 1. The molecule has 0 saturated carbocycles. The average Bonchev–Trinajstić information content (AvgIpc) is 3.16. The van der Waals surface area contributed by atoms with Crippen molar-refractivity contribution in [3.05, 3.63) is 29.8 Å². The molecule has 132 valence electrons. The zero-order valence-corrected chi connectivity index (χ0v) is 14.8. The van der Waals surface area contributed by atoms with E-state index >= 15 is 0 Å². The highest BCUT2D eigenvalue weighted by Crippen LogP contribution is 2.20. The minimum absolute atomic E-state index is 0.00292. The molecule has 0 spiro atoms. The summed E-state index contributed by atoms with van der Waals surface area (Å²) in [5.74, 6) is -0.00292. The molecule has 2 heterocycles. The largest absolute Gasteiger partial charge is 0.368 e. The lowest BCUT2D eigenvalue weighted by Crippen LogP contribution is -2.52. The predicted octanol–water partition coefficient (Wildman–Crippen LogP) is 1.26. The molecule has 1 aromatic rings. The topological polar surface area (TPSA) is 66.9 Å². The maximum absolute atomic E-state index is 12.7. The summed E-state index contributed by atoms with van der Waals surface area (Å²) in [5, 5.41) is 0. The lowest BCUT2D eigenvalue weighted by atomic mass is 10.2. The van der Waals surface area contributed by atoms with E-state index < -0.39 is 10.0 Å². The number of hydrogen-bond donors (Lipinski definition) is 0. The van der Waals surface area contributed by atoms with E-state index in [9.17, 15) is 13.2 Å². The second-order valence-corrected chi connectivity index (χ2v) is 8.17. The third kappa shape index (κ3) is 3.48. The van der Waals surface area contributed by atoms with Gasteiger partial charge in [0, 0.05) is 32.8 Å². The summed E-state index contributed by atoms with van der Waals surface area (Å²) >= 11 is 0. The standard InChI is InChI=1S/C17H24N2O4S/c1-2-14-5-7-15(8-6-14)24(21,22)19-11-9-18(10-12-19)17(20)16-4-3-13-23-16/h5-8,16H,2-4,9-13H2,1H3. The Labute approximate surface area is 143 Å². The van der Waals surface area contributed by atoms with Crippen molar-refractivity contribution in [2.45, 2.75) is 37.2 Å². The maximum Gasteiger partial charge on any atom is 0.251 e. The summed E-state index contributed by atoms with van der Waals surface area (Å²) < 4.78 is 32.3. The number of carbonyl (C=O) groups excluding carboxylic acids is 1. The minimum Gasteiger partial charge on any atom is -0.368 e. The van der Waals surface area contributed by atoms with Crippen LogP contribution in [0.3, 0.4) is 0 Å². The molecule has 0 N–H and O–H groups in total. The smallest absolute Gasteiger partial charge is 0.251 e. The molecule has 7 heteroatoms. The van der Waals surface area contributed by atoms with Crippen LogP contribution in [0.2, 0.25) is 0 Å². The quantitative estimate of drug-likeness (QED) is 0.818. The van der Waals surface area contributed by atoms with Gasteiger partial charge < -0.3 is 9.64 Å². The van der Waals surface area contributed by atoms with Crippen LogP contribution in [0.1, 0.15) is 25.3 Å². The number of carbonyl (C=O) groups is 1. The van der Waals surface area contributed by atoms with Gasteiger partial charge in [-0.3, -0.25) is 4.79 Å². The summed E-state index contributed by atoms with van der Waals surface area (Å²) in [5.41, 5.74) is 1.11. The number of ether oxygens (including phenoxy) is 1. The van der Waals surface area contributed by atoms with Crippen LogP contribution in [-0.4, -0.2) is 62.4 Å². The van der Waals surface area contributed by atoms with Crippen molar-refractivity contribution in [1.29, 1.82) is 0 Å². The van der Waals surface area contributed by atoms with E-state index in [0.717, 1.165) is 24.8 Å². The first-order valence-corrected chi connectivity index (χ1v) is 9.96. The maximum atomic E-state index is 12.7. The van der Waals surface area contributed by atoms with E-state index in [2.05, 4.69) is 0 Å². The molecule has 0 aromatic heterocycles. The molecule has 2 fully saturated rings. The van der Waals surface area contributed by atoms with Crippen LogP contribution in [0.4, 0.5) is 0 Å². The Hall–Kier alpha value is -1.44. The molecular weight excluding hydrogens is 328 g/mol. The van der Waals surface area contributed by atoms with Gasteiger partial charge in [-0.15, -0.1) is 0 Å². The van der Waals surface area contributed by atoms with Crippen molar-refractivity contribution in [2.75, 3.05) is 32.8 Å². The van der Waals surface area contributed by atoms with E-state index in [0.29, 0.717) is 37.7 Å². The third-order valence-electron chi connectivity index (χ3n) is 4.72. The van der Waals surface area contributed by atoms with E-state index in [4.69, 9.17) is 4.74 Å². The molecule has 3 rings (SSSR count). The van der Waals surface area contributed by atoms with Crippen molar-refractivity contribution >= 4 is 15.9 Å². The van der Waals surface area contributed by atoms with Crippen LogP contribution in [0.15, 0.2) is 29.2 Å². The van der Waals surface area contributed by atoms with Gasteiger partial charge in [0.15, 0.2) is 0 Å². The number of benzene rings is 1. The Kier molecular flexibility index (Phi) is 5.22. The summed E-state index contributed by atoms with van der Waals surface area (Å²) in [4.78, 5) is 14.4. The Morgan fingerprint density at radius 1 is 1.17 bits per heavy atom. The van der Waals surface area contributed by atoms with Crippen molar-refractivity contribution < 1.29 is 17.9 Å². The molecule has 24 heavy (non-hydrogen) atoms. The Balaban J connectivity index is 1.63. The number of hydrogen-bond acceptors (Lipinski definition) is 4. The summed E-state index contributed by atoms with van der Waals surface area (Å²) in [6.07, 6.45) is 2.22. The van der Waals surface area contributed by atoms with Gasteiger partial charge in [-0.25, -0.2) is 8.42 Å². The molecule has 1 aromatic carbocycles. The zero-order valence-electron chi connectivity index (χ0n) is 14.0. The number of amides is 1. The van der Waals surface area contributed by atoms with Crippen LogP contribution in [-0.2, 0) is 26.0 Å². The zero-order chi connectivity index (χ0) is 17.2. The SMILES string of the molecule is CCc1ccc(S(=O)(=O)N2CCN(C(=O)C3CCCO3)CC2)cc1. The van der Waals surface area contributed by atoms with Crippen LogP contribution >= 0.6 is 0 Å². The molecule has 2 saturated heterocycles. The van der Waals surface area contributed by atoms with Crippen LogP contribution < -0.4 is 0 Å². The van der Waals surface area contributed by atoms with E-state index in [1.807, 2.05) is 19.1 Å². The normalized spacial score (nSPS) is 22.7. The number of sulfonamides is 1. The summed E-state index contributed by atoms with van der Waals surface area (Å²) in [7, 11) is -3.49. The number of nitrogens with zero attached hydrogens (tertiary/aromatic N) is 2. The van der Waals surface area contributed by atoms with Crippen molar-refractivity contribution in [3.63, 3.8) is 0 Å². The van der Waals surface area contributed by atoms with Crippen LogP contribution in [0.25, 0.3) is 0 Å². The monoisotopic (exact) mass is 352 g/mol. The summed E-state index contributed by atoms with van der Waals surface area (Å²) in [6, 6.07) is 7.03. The van der Waals surface area contributed by atoms with Crippen molar-refractivity contribution in [1.82, 2.24) is 9.21 Å². The van der Waals surface area contributed by atoms with E-state index in [1.54, 1.807) is 17.0 Å². The molecular formula is C17H24N2O4S. The highest BCUT2D eigenvalue weighted by molar-refractivity contribution is 7.89. The first-order valence-electron chi connectivity index (χ1n) is 8.52. The second-order valence-electron chi connectivity index (χ2n) is 6.23. The highest BCUT2D eigenvalue weighted by atomic mass is 32.2. The van der Waals surface area contributed by atoms with Crippen LogP contribution in [0, 0.1) is 0 Å². The molecule has 6 nitrogen and oxygen atoms in total. The number of rotatable bonds is 4. The van der Waals surface area contributed by atoms with Gasteiger partial charge in [0.1, 0.15) is 6.10 Å². The fraction of sp³-hybridized carbons (Fsp3) is 0.588. The lowest BCUT2D eigenvalue weighted by molar-refractivity contribution is -0.142. The van der Waals surface area contributed by atoms with Gasteiger partial charge in [-0.1, -0.05) is 19.1 Å². The van der Waals surface area contributed by atoms with E-state index in [1.165, 1.54) is 4.31 Å². The molecule has 2 aliphatic heterocycles. The Bertz CT molecular complexity index is 673. The third-order valence-corrected chi connectivity index (χ3v) is 6.64. The fourth-order valence-electron chi connectivity index (χ4n) is 3.17. The molecule has 1 amide bonds. The van der Waals surface area contributed by atoms with Crippen LogP contribution in [0.5, 0.6) is 0 Å². The first-order chi connectivity index (χ1) is 11.5. The predicted molar refractivity (Wildman–Crippen MR) is 90.1 cm³/mol. The van der Waals surface area contributed by atoms with Gasteiger partial charge >= 0.3 is 0 Å². The van der Waals surface area contributed by atoms with Crippen molar-refractivity contribution in [3.8, 4) is 0 Å².